The number of benzene rings is 1. The molecule has 0 aromatic heterocycles. The maximum absolute atomic E-state index is 13.1. The van der Waals surface area contributed by atoms with E-state index in [9.17, 15) is 30.8 Å². The van der Waals surface area contributed by atoms with Crippen LogP contribution in [0.15, 0.2) is 29.2 Å². The normalized spacial score (nSPS) is 21.3. The third kappa shape index (κ3) is 4.98. The molecule has 1 aliphatic rings. The number of alkyl halides is 4. The summed E-state index contributed by atoms with van der Waals surface area (Å²) in [5.74, 6) is -0.428. The second-order valence-electron chi connectivity index (χ2n) is 7.12. The van der Waals surface area contributed by atoms with Crippen molar-refractivity contribution in [3.05, 3.63) is 29.8 Å². The van der Waals surface area contributed by atoms with Crippen molar-refractivity contribution in [1.82, 2.24) is 10.6 Å². The summed E-state index contributed by atoms with van der Waals surface area (Å²) >= 11 is 0. The Kier molecular flexibility index (Phi) is 6.20. The van der Waals surface area contributed by atoms with Crippen LogP contribution in [0.3, 0.4) is 0 Å². The number of sulfone groups is 1. The summed E-state index contributed by atoms with van der Waals surface area (Å²) in [6.07, 6.45) is -5.70. The number of carbonyl (C=O) groups is 1. The van der Waals surface area contributed by atoms with Gasteiger partial charge in [0.05, 0.1) is 21.2 Å². The van der Waals surface area contributed by atoms with Gasteiger partial charge in [0.2, 0.25) is 5.91 Å². The predicted octanol–water partition coefficient (Wildman–Crippen LogP) is 2.46. The molecule has 0 unspecified atom stereocenters. The highest BCUT2D eigenvalue weighted by molar-refractivity contribution is 7.92. The molecule has 27 heavy (non-hydrogen) atoms. The first-order chi connectivity index (χ1) is 12.3. The van der Waals surface area contributed by atoms with Gasteiger partial charge in [-0.25, -0.2) is 12.8 Å². The third-order valence-electron chi connectivity index (χ3n) is 4.62. The summed E-state index contributed by atoms with van der Waals surface area (Å²) in [6.45, 7) is 2.87. The molecule has 1 saturated heterocycles. The van der Waals surface area contributed by atoms with Gasteiger partial charge in [-0.15, -0.1) is 0 Å². The summed E-state index contributed by atoms with van der Waals surface area (Å²) in [7, 11) is -4.07. The van der Waals surface area contributed by atoms with Crippen LogP contribution < -0.4 is 10.6 Å². The Morgan fingerprint density at radius 3 is 2.52 bits per heavy atom. The largest absolute Gasteiger partial charge is 0.416 e. The number of hydrogen-bond donors (Lipinski definition) is 2. The number of rotatable bonds is 6. The highest BCUT2D eigenvalue weighted by Crippen LogP contribution is 2.34. The molecule has 1 aromatic carbocycles. The second-order valence-corrected chi connectivity index (χ2v) is 9.71. The van der Waals surface area contributed by atoms with Crippen molar-refractivity contribution in [2.24, 2.45) is 0 Å². The van der Waals surface area contributed by atoms with E-state index in [-0.39, 0.29) is 25.9 Å². The molecule has 0 radical (unpaired) electrons. The minimum Gasteiger partial charge on any atom is -0.355 e. The first kappa shape index (κ1) is 21.6. The van der Waals surface area contributed by atoms with E-state index >= 15 is 0 Å². The zero-order valence-corrected chi connectivity index (χ0v) is 15.8. The van der Waals surface area contributed by atoms with Crippen molar-refractivity contribution in [3.8, 4) is 0 Å². The summed E-state index contributed by atoms with van der Waals surface area (Å²) in [4.78, 5) is 11.5. The summed E-state index contributed by atoms with van der Waals surface area (Å²) < 4.78 is 75.8. The summed E-state index contributed by atoms with van der Waals surface area (Å²) in [5.41, 5.74) is -1.04. The first-order valence-corrected chi connectivity index (χ1v) is 9.90. The van der Waals surface area contributed by atoms with Crippen LogP contribution in [0.5, 0.6) is 0 Å². The minimum atomic E-state index is -4.65. The molecule has 2 N–H and O–H groups in total. The standard InChI is InChI=1S/C17H22F4N2O3S/c1-16(2,6-7-22-15(24)14-9-12(18)10-23-14)27(25,26)13-5-3-4-11(8-13)17(19,20)21/h3-5,8,12,14,23H,6-7,9-10H2,1-2H3,(H,22,24)/t12-,14+/m1/s1. The lowest BCUT2D eigenvalue weighted by Gasteiger charge is -2.25. The van der Waals surface area contributed by atoms with E-state index < -0.39 is 49.3 Å². The number of carbonyl (C=O) groups excluding carboxylic acids is 1. The average molecular weight is 410 g/mol. The minimum absolute atomic E-state index is 0.000836. The van der Waals surface area contributed by atoms with Crippen LogP contribution in [0.1, 0.15) is 32.3 Å². The van der Waals surface area contributed by atoms with Crippen molar-refractivity contribution in [2.75, 3.05) is 13.1 Å². The fourth-order valence-electron chi connectivity index (χ4n) is 2.80. The van der Waals surface area contributed by atoms with Crippen LogP contribution in [-0.2, 0) is 20.8 Å². The van der Waals surface area contributed by atoms with Crippen LogP contribution in [0.4, 0.5) is 17.6 Å². The van der Waals surface area contributed by atoms with E-state index in [1.165, 1.54) is 13.8 Å². The Balaban J connectivity index is 2.05. The number of hydrogen-bond acceptors (Lipinski definition) is 4. The van der Waals surface area contributed by atoms with Crippen LogP contribution in [-0.4, -0.2) is 44.4 Å². The second kappa shape index (κ2) is 7.75. The molecule has 1 aliphatic heterocycles. The molecule has 1 amide bonds. The maximum Gasteiger partial charge on any atom is 0.416 e. The third-order valence-corrected chi connectivity index (χ3v) is 7.15. The molecule has 2 rings (SSSR count). The Hall–Kier alpha value is -1.68. The molecule has 1 heterocycles. The molecule has 10 heteroatoms. The van der Waals surface area contributed by atoms with Gasteiger partial charge in [-0.1, -0.05) is 6.07 Å². The van der Waals surface area contributed by atoms with Gasteiger partial charge in [-0.3, -0.25) is 4.79 Å². The Morgan fingerprint density at radius 1 is 1.30 bits per heavy atom. The molecule has 1 aromatic rings. The molecule has 5 nitrogen and oxygen atoms in total. The van der Waals surface area contributed by atoms with E-state index in [1.807, 2.05) is 0 Å². The van der Waals surface area contributed by atoms with Gasteiger partial charge in [0.1, 0.15) is 6.17 Å². The molecular weight excluding hydrogens is 388 g/mol. The first-order valence-electron chi connectivity index (χ1n) is 8.41. The van der Waals surface area contributed by atoms with Gasteiger partial charge in [-0.2, -0.15) is 13.2 Å². The van der Waals surface area contributed by atoms with Gasteiger partial charge >= 0.3 is 6.18 Å². The predicted molar refractivity (Wildman–Crippen MR) is 91.6 cm³/mol. The van der Waals surface area contributed by atoms with Crippen LogP contribution in [0.2, 0.25) is 0 Å². The summed E-state index contributed by atoms with van der Waals surface area (Å²) in [6, 6.07) is 2.92. The average Bonchev–Trinajstić information content (AvgIpc) is 3.00. The van der Waals surface area contributed by atoms with E-state index in [1.54, 1.807) is 0 Å². The van der Waals surface area contributed by atoms with Crippen molar-refractivity contribution in [1.29, 1.82) is 0 Å². The van der Waals surface area contributed by atoms with Crippen molar-refractivity contribution < 1.29 is 30.8 Å². The SMILES string of the molecule is CC(C)(CCNC(=O)[C@@H]1C[C@@H](F)CN1)S(=O)(=O)c1cccc(C(F)(F)F)c1. The smallest absolute Gasteiger partial charge is 0.355 e. The zero-order valence-electron chi connectivity index (χ0n) is 14.9. The van der Waals surface area contributed by atoms with Crippen molar-refractivity contribution in [3.63, 3.8) is 0 Å². The lowest BCUT2D eigenvalue weighted by molar-refractivity contribution is -0.137. The molecule has 0 saturated carbocycles. The van der Waals surface area contributed by atoms with E-state index in [4.69, 9.17) is 0 Å². The van der Waals surface area contributed by atoms with Crippen molar-refractivity contribution >= 4 is 15.7 Å². The van der Waals surface area contributed by atoms with Gasteiger partial charge in [0.25, 0.3) is 0 Å². The zero-order chi connectivity index (χ0) is 20.5. The topological polar surface area (TPSA) is 75.3 Å². The Morgan fingerprint density at radius 2 is 1.96 bits per heavy atom. The van der Waals surface area contributed by atoms with Crippen LogP contribution >= 0.6 is 0 Å². The van der Waals surface area contributed by atoms with Crippen LogP contribution in [0, 0.1) is 0 Å². The molecule has 0 bridgehead atoms. The molecule has 0 spiro atoms. The lowest BCUT2D eigenvalue weighted by Crippen LogP contribution is -2.43. The van der Waals surface area contributed by atoms with Gasteiger partial charge in [0, 0.05) is 19.5 Å². The molecular formula is C17H22F4N2O3S. The molecule has 152 valence electrons. The molecule has 2 atom stereocenters. The molecule has 0 aliphatic carbocycles. The molecule has 1 fully saturated rings. The number of nitrogens with one attached hydrogen (secondary N) is 2. The highest BCUT2D eigenvalue weighted by Gasteiger charge is 2.38. The van der Waals surface area contributed by atoms with Gasteiger partial charge in [0.15, 0.2) is 9.84 Å². The number of halogens is 4. The fraction of sp³-hybridized carbons (Fsp3) is 0.588. The Bertz CT molecular complexity index is 794. The van der Waals surface area contributed by atoms with Crippen molar-refractivity contribution in [2.45, 2.75) is 54.7 Å². The summed E-state index contributed by atoms with van der Waals surface area (Å²) in [5, 5.41) is 5.27. The fourth-order valence-corrected chi connectivity index (χ4v) is 4.34. The van der Waals surface area contributed by atoms with Gasteiger partial charge < -0.3 is 10.6 Å². The number of amides is 1. The van der Waals surface area contributed by atoms with Crippen LogP contribution in [0.25, 0.3) is 0 Å². The quantitative estimate of drug-likeness (QED) is 0.707. The lowest BCUT2D eigenvalue weighted by atomic mass is 10.1. The van der Waals surface area contributed by atoms with E-state index in [0.717, 1.165) is 18.2 Å². The Labute approximate surface area is 155 Å². The maximum atomic E-state index is 13.1. The van der Waals surface area contributed by atoms with E-state index in [2.05, 4.69) is 10.6 Å². The van der Waals surface area contributed by atoms with Gasteiger partial charge in [-0.05, 0) is 38.5 Å². The highest BCUT2D eigenvalue weighted by atomic mass is 32.2. The monoisotopic (exact) mass is 410 g/mol. The van der Waals surface area contributed by atoms with E-state index in [0.29, 0.717) is 6.07 Å².